The van der Waals surface area contributed by atoms with Crippen molar-refractivity contribution < 1.29 is 9.30 Å². The van der Waals surface area contributed by atoms with Crippen LogP contribution in [0.3, 0.4) is 0 Å². The van der Waals surface area contributed by atoms with Crippen LogP contribution in [0.15, 0.2) is 54.6 Å². The molecule has 0 saturated carbocycles. The molecule has 0 bridgehead atoms. The van der Waals surface area contributed by atoms with Gasteiger partial charge in [0.25, 0.3) is 0 Å². The molecule has 2 aromatic heterocycles. The molecule has 4 aromatic rings. The summed E-state index contributed by atoms with van der Waals surface area (Å²) in [4.78, 5) is 0. The summed E-state index contributed by atoms with van der Waals surface area (Å²) in [6.45, 7) is 2.13. The van der Waals surface area contributed by atoms with Gasteiger partial charge in [0.15, 0.2) is 5.69 Å². The van der Waals surface area contributed by atoms with Crippen LogP contribution in [-0.2, 0) is 7.05 Å². The highest BCUT2D eigenvalue weighted by atomic mass is 32.1. The third-order valence-electron chi connectivity index (χ3n) is 4.47. The lowest BCUT2D eigenvalue weighted by molar-refractivity contribution is -0.666. The van der Waals surface area contributed by atoms with E-state index in [0.717, 1.165) is 5.75 Å². The van der Waals surface area contributed by atoms with Crippen LogP contribution in [0.4, 0.5) is 0 Å². The van der Waals surface area contributed by atoms with E-state index in [9.17, 15) is 0 Å². The molecule has 0 aliphatic heterocycles. The van der Waals surface area contributed by atoms with E-state index in [1.807, 2.05) is 11.3 Å². The maximum atomic E-state index is 5.69. The van der Waals surface area contributed by atoms with Crippen molar-refractivity contribution in [2.75, 3.05) is 7.11 Å². The molecule has 0 N–H and O–H groups in total. The van der Waals surface area contributed by atoms with Gasteiger partial charge in [0.05, 0.1) is 11.8 Å². The molecule has 114 valence electrons. The average Bonchev–Trinajstić information content (AvgIpc) is 2.95. The minimum atomic E-state index is 0.922. The Morgan fingerprint density at radius 1 is 0.913 bits per heavy atom. The summed E-state index contributed by atoms with van der Waals surface area (Å²) < 4.78 is 10.5. The molecule has 0 spiro atoms. The van der Waals surface area contributed by atoms with Gasteiger partial charge in [-0.25, -0.2) is 0 Å². The van der Waals surface area contributed by atoms with Gasteiger partial charge in [-0.3, -0.25) is 0 Å². The number of hydrogen-bond acceptors (Lipinski definition) is 2. The van der Waals surface area contributed by atoms with Crippen LogP contribution in [0, 0.1) is 6.92 Å². The quantitative estimate of drug-likeness (QED) is 0.481. The van der Waals surface area contributed by atoms with Gasteiger partial charge in [0.2, 0.25) is 5.69 Å². The molecule has 2 aromatic carbocycles. The number of benzene rings is 2. The number of aryl methyl sites for hydroxylation is 1. The van der Waals surface area contributed by atoms with Crippen LogP contribution in [0.5, 0.6) is 5.75 Å². The number of fused-ring (bicyclic) bond motifs is 3. The minimum absolute atomic E-state index is 0.922. The molecule has 4 rings (SSSR count). The lowest BCUT2D eigenvalue weighted by Gasteiger charge is -2.09. The number of thiophene rings is 1. The van der Waals surface area contributed by atoms with Crippen LogP contribution in [0.25, 0.3) is 31.4 Å². The highest BCUT2D eigenvalue weighted by molar-refractivity contribution is 7.26. The number of ether oxygens (including phenoxy) is 1. The smallest absolute Gasteiger partial charge is 0.217 e. The molecule has 0 atom stereocenters. The summed E-state index contributed by atoms with van der Waals surface area (Å²) in [6, 6.07) is 19.2. The van der Waals surface area contributed by atoms with Gasteiger partial charge in [-0.15, -0.1) is 11.3 Å². The van der Waals surface area contributed by atoms with Gasteiger partial charge in [0.1, 0.15) is 18.4 Å². The van der Waals surface area contributed by atoms with Crippen LogP contribution in [-0.4, -0.2) is 7.11 Å². The predicted molar refractivity (Wildman–Crippen MR) is 97.2 cm³/mol. The Bertz CT molecular complexity index is 1030. The molecule has 0 aliphatic carbocycles. The standard InChI is InChI=1S/C20H18NOS/c1-13-7-6-9-16(21(13)2)19-17(22-3)12-11-15-14-8-4-5-10-18(14)23-20(15)19/h4-12H,1-3H3/q+1. The largest absolute Gasteiger partial charge is 0.496 e. The van der Waals surface area contributed by atoms with Crippen molar-refractivity contribution in [3.05, 3.63) is 60.3 Å². The van der Waals surface area contributed by atoms with Gasteiger partial charge in [0, 0.05) is 34.5 Å². The lowest BCUT2D eigenvalue weighted by Crippen LogP contribution is -2.34. The monoisotopic (exact) mass is 320 g/mol. The molecule has 2 heterocycles. The number of hydrogen-bond donors (Lipinski definition) is 0. The Morgan fingerprint density at radius 2 is 1.74 bits per heavy atom. The van der Waals surface area contributed by atoms with Crippen molar-refractivity contribution in [1.82, 2.24) is 0 Å². The Kier molecular flexibility index (Phi) is 3.31. The van der Waals surface area contributed by atoms with Crippen molar-refractivity contribution in [1.29, 1.82) is 0 Å². The summed E-state index contributed by atoms with van der Waals surface area (Å²) >= 11 is 1.83. The first-order valence-electron chi connectivity index (χ1n) is 7.65. The maximum Gasteiger partial charge on any atom is 0.217 e. The normalized spacial score (nSPS) is 11.3. The number of nitrogens with zero attached hydrogens (tertiary/aromatic N) is 1. The lowest BCUT2D eigenvalue weighted by atomic mass is 10.0. The summed E-state index contributed by atoms with van der Waals surface area (Å²) in [6.07, 6.45) is 0. The zero-order valence-corrected chi connectivity index (χ0v) is 14.3. The summed E-state index contributed by atoms with van der Waals surface area (Å²) in [7, 11) is 3.85. The highest BCUT2D eigenvalue weighted by Crippen LogP contribution is 2.43. The average molecular weight is 320 g/mol. The number of rotatable bonds is 2. The molecule has 0 fully saturated rings. The van der Waals surface area contributed by atoms with Gasteiger partial charge in [-0.2, -0.15) is 4.57 Å². The molecule has 0 aliphatic rings. The fourth-order valence-electron chi connectivity index (χ4n) is 3.13. The van der Waals surface area contributed by atoms with E-state index in [0.29, 0.717) is 0 Å². The van der Waals surface area contributed by atoms with Crippen molar-refractivity contribution in [2.24, 2.45) is 7.05 Å². The fourth-order valence-corrected chi connectivity index (χ4v) is 4.38. The molecule has 23 heavy (non-hydrogen) atoms. The highest BCUT2D eigenvalue weighted by Gasteiger charge is 2.21. The second kappa shape index (κ2) is 5.36. The molecule has 2 nitrogen and oxygen atoms in total. The molecular weight excluding hydrogens is 302 g/mol. The number of methoxy groups -OCH3 is 1. The summed E-state index contributed by atoms with van der Waals surface area (Å²) in [5, 5.41) is 2.61. The van der Waals surface area contributed by atoms with E-state index in [1.54, 1.807) is 7.11 Å². The zero-order chi connectivity index (χ0) is 16.0. The van der Waals surface area contributed by atoms with E-state index in [2.05, 4.69) is 73.1 Å². The second-order valence-corrected chi connectivity index (χ2v) is 6.78. The van der Waals surface area contributed by atoms with E-state index in [-0.39, 0.29) is 0 Å². The first kappa shape index (κ1) is 14.2. The molecule has 0 amide bonds. The van der Waals surface area contributed by atoms with Crippen LogP contribution >= 0.6 is 11.3 Å². The van der Waals surface area contributed by atoms with Crippen LogP contribution in [0.2, 0.25) is 0 Å². The second-order valence-electron chi connectivity index (χ2n) is 5.73. The summed E-state index contributed by atoms with van der Waals surface area (Å²) in [5.74, 6) is 0.922. The van der Waals surface area contributed by atoms with E-state index in [1.165, 1.54) is 37.1 Å². The topological polar surface area (TPSA) is 13.1 Å². The summed E-state index contributed by atoms with van der Waals surface area (Å²) in [5.41, 5.74) is 3.58. The van der Waals surface area contributed by atoms with Crippen LogP contribution in [0.1, 0.15) is 5.69 Å². The van der Waals surface area contributed by atoms with Crippen LogP contribution < -0.4 is 9.30 Å². The van der Waals surface area contributed by atoms with E-state index in [4.69, 9.17) is 4.74 Å². The van der Waals surface area contributed by atoms with Crippen molar-refractivity contribution >= 4 is 31.5 Å². The molecule has 0 radical (unpaired) electrons. The molecule has 0 saturated heterocycles. The zero-order valence-electron chi connectivity index (χ0n) is 13.5. The third kappa shape index (κ3) is 2.12. The third-order valence-corrected chi connectivity index (χ3v) is 5.67. The van der Waals surface area contributed by atoms with Crippen molar-refractivity contribution in [2.45, 2.75) is 6.92 Å². The number of pyridine rings is 1. The Hall–Kier alpha value is -2.39. The van der Waals surface area contributed by atoms with E-state index >= 15 is 0 Å². The fraction of sp³-hybridized carbons (Fsp3) is 0.150. The van der Waals surface area contributed by atoms with Gasteiger partial charge in [-0.05, 0) is 24.3 Å². The van der Waals surface area contributed by atoms with E-state index < -0.39 is 0 Å². The van der Waals surface area contributed by atoms with Gasteiger partial charge in [-0.1, -0.05) is 18.2 Å². The number of aromatic nitrogens is 1. The minimum Gasteiger partial charge on any atom is -0.496 e. The predicted octanol–water partition coefficient (Wildman–Crippen LogP) is 4.86. The first-order chi connectivity index (χ1) is 11.2. The maximum absolute atomic E-state index is 5.69. The van der Waals surface area contributed by atoms with Crippen molar-refractivity contribution in [3.63, 3.8) is 0 Å². The van der Waals surface area contributed by atoms with Gasteiger partial charge < -0.3 is 4.74 Å². The first-order valence-corrected chi connectivity index (χ1v) is 8.46. The molecular formula is C20H18NOS+. The molecule has 0 unspecified atom stereocenters. The Labute approximate surface area is 139 Å². The Morgan fingerprint density at radius 3 is 2.57 bits per heavy atom. The molecule has 3 heteroatoms. The Balaban J connectivity index is 2.17. The van der Waals surface area contributed by atoms with Gasteiger partial charge >= 0.3 is 0 Å². The van der Waals surface area contributed by atoms with Crippen molar-refractivity contribution in [3.8, 4) is 17.0 Å². The SMILES string of the molecule is COc1ccc2c(sc3ccccc32)c1-c1cccc(C)[n+]1C.